The van der Waals surface area contributed by atoms with E-state index in [1.165, 1.54) is 4.68 Å². The van der Waals surface area contributed by atoms with E-state index in [0.29, 0.717) is 16.7 Å². The van der Waals surface area contributed by atoms with Gasteiger partial charge in [0.2, 0.25) is 5.56 Å². The van der Waals surface area contributed by atoms with Crippen molar-refractivity contribution in [3.8, 4) is 0 Å². The Bertz CT molecular complexity index is 609. The number of rotatable bonds is 1. The summed E-state index contributed by atoms with van der Waals surface area (Å²) in [5.41, 5.74) is 0.538. The topological polar surface area (TPSA) is 88.0 Å². The molecule has 0 atom stereocenters. The Morgan fingerprint density at radius 2 is 2.27 bits per heavy atom. The number of nitrogens with zero attached hydrogens (tertiary/aromatic N) is 2. The highest BCUT2D eigenvalue weighted by molar-refractivity contribution is 6.02. The Labute approximate surface area is 84.2 Å². The van der Waals surface area contributed by atoms with Crippen LogP contribution < -0.4 is 5.56 Å². The van der Waals surface area contributed by atoms with Gasteiger partial charge in [0.1, 0.15) is 0 Å². The maximum atomic E-state index is 11.2. The van der Waals surface area contributed by atoms with Crippen molar-refractivity contribution in [3.63, 3.8) is 0 Å². The number of H-pyrrole nitrogens is 1. The molecule has 0 bridgehead atoms. The molecule has 6 nitrogen and oxygen atoms in total. The van der Waals surface area contributed by atoms with E-state index in [0.717, 1.165) is 6.07 Å². The lowest BCUT2D eigenvalue weighted by atomic mass is 10.1. The van der Waals surface area contributed by atoms with E-state index in [4.69, 9.17) is 5.11 Å². The Morgan fingerprint density at radius 1 is 1.60 bits per heavy atom. The van der Waals surface area contributed by atoms with Crippen LogP contribution in [0.1, 0.15) is 16.1 Å². The number of aromatic amines is 1. The minimum atomic E-state index is -1.12. The summed E-state index contributed by atoms with van der Waals surface area (Å²) < 4.78 is 1.53. The van der Waals surface area contributed by atoms with E-state index >= 15 is 0 Å². The van der Waals surface area contributed by atoms with E-state index in [1.54, 1.807) is 14.0 Å². The third kappa shape index (κ3) is 1.30. The molecule has 0 unspecified atom stereocenters. The molecule has 2 aromatic rings. The van der Waals surface area contributed by atoms with E-state index < -0.39 is 11.5 Å². The van der Waals surface area contributed by atoms with Crippen LogP contribution >= 0.6 is 0 Å². The lowest BCUT2D eigenvalue weighted by molar-refractivity contribution is 0.0698. The molecular weight excluding hydrogens is 198 g/mol. The average molecular weight is 207 g/mol. The maximum Gasteiger partial charge on any atom is 0.336 e. The number of aromatic nitrogens is 3. The molecule has 2 heterocycles. The van der Waals surface area contributed by atoms with Gasteiger partial charge < -0.3 is 10.1 Å². The number of carbonyl (C=O) groups is 1. The van der Waals surface area contributed by atoms with Crippen LogP contribution in [-0.2, 0) is 7.05 Å². The van der Waals surface area contributed by atoms with Crippen LogP contribution in [0.4, 0.5) is 0 Å². The van der Waals surface area contributed by atoms with Crippen molar-refractivity contribution in [2.75, 3.05) is 0 Å². The van der Waals surface area contributed by atoms with Crippen LogP contribution in [0.2, 0.25) is 0 Å². The first-order valence-corrected chi connectivity index (χ1v) is 4.30. The fourth-order valence-electron chi connectivity index (χ4n) is 1.54. The van der Waals surface area contributed by atoms with E-state index in [-0.39, 0.29) is 5.56 Å². The van der Waals surface area contributed by atoms with E-state index in [2.05, 4.69) is 10.1 Å². The number of hydrogen-bond donors (Lipinski definition) is 2. The summed E-state index contributed by atoms with van der Waals surface area (Å²) in [4.78, 5) is 24.6. The van der Waals surface area contributed by atoms with Gasteiger partial charge in [-0.2, -0.15) is 5.10 Å². The molecule has 0 fully saturated rings. The van der Waals surface area contributed by atoms with Gasteiger partial charge in [-0.25, -0.2) is 4.79 Å². The van der Waals surface area contributed by atoms with Crippen LogP contribution in [-0.4, -0.2) is 25.8 Å². The molecule has 2 N–H and O–H groups in total. The van der Waals surface area contributed by atoms with Crippen molar-refractivity contribution in [2.45, 2.75) is 6.92 Å². The third-order valence-electron chi connectivity index (χ3n) is 2.35. The first kappa shape index (κ1) is 9.45. The SMILES string of the molecule is Cc1c2c(C(=O)O)cc(=O)[nH]c2nn1C. The van der Waals surface area contributed by atoms with Gasteiger partial charge in [-0.05, 0) is 6.92 Å². The largest absolute Gasteiger partial charge is 0.478 e. The predicted octanol–water partition coefficient (Wildman–Crippen LogP) is 0.268. The fraction of sp³-hybridized carbons (Fsp3) is 0.222. The van der Waals surface area contributed by atoms with Gasteiger partial charge in [0.25, 0.3) is 0 Å². The molecule has 15 heavy (non-hydrogen) atoms. The van der Waals surface area contributed by atoms with Gasteiger partial charge in [-0.3, -0.25) is 9.48 Å². The quantitative estimate of drug-likeness (QED) is 0.702. The Hall–Kier alpha value is -2.11. The van der Waals surface area contributed by atoms with Crippen LogP contribution in [0.3, 0.4) is 0 Å². The van der Waals surface area contributed by atoms with Gasteiger partial charge in [0.15, 0.2) is 5.65 Å². The third-order valence-corrected chi connectivity index (χ3v) is 2.35. The molecule has 0 radical (unpaired) electrons. The number of pyridine rings is 1. The molecule has 6 heteroatoms. The summed E-state index contributed by atoms with van der Waals surface area (Å²) in [6, 6.07) is 1.07. The molecule has 2 rings (SSSR count). The summed E-state index contributed by atoms with van der Waals surface area (Å²) in [5, 5.41) is 13.4. The van der Waals surface area contributed by atoms with Gasteiger partial charge >= 0.3 is 5.97 Å². The molecule has 0 aromatic carbocycles. The van der Waals surface area contributed by atoms with Crippen LogP contribution in [0.15, 0.2) is 10.9 Å². The average Bonchev–Trinajstić information content (AvgIpc) is 2.41. The number of nitrogens with one attached hydrogen (secondary N) is 1. The standard InChI is InChI=1S/C9H9N3O3/c1-4-7-5(9(14)15)3-6(13)10-8(7)11-12(4)2/h3H,1-2H3,(H,14,15)(H,10,11,13). The van der Waals surface area contributed by atoms with E-state index in [1.807, 2.05) is 0 Å². The second-order valence-electron chi connectivity index (χ2n) is 3.29. The molecule has 0 amide bonds. The summed E-state index contributed by atoms with van der Waals surface area (Å²) in [6.45, 7) is 1.75. The first-order chi connectivity index (χ1) is 7.00. The minimum absolute atomic E-state index is 0.0145. The number of hydrogen-bond acceptors (Lipinski definition) is 3. The minimum Gasteiger partial charge on any atom is -0.478 e. The fourth-order valence-corrected chi connectivity index (χ4v) is 1.54. The summed E-state index contributed by atoms with van der Waals surface area (Å²) in [6.07, 6.45) is 0. The molecular formula is C9H9N3O3. The van der Waals surface area contributed by atoms with Gasteiger partial charge in [0.05, 0.1) is 10.9 Å². The van der Waals surface area contributed by atoms with Crippen molar-refractivity contribution in [1.29, 1.82) is 0 Å². The normalized spacial score (nSPS) is 10.8. The summed E-state index contributed by atoms with van der Waals surface area (Å²) in [5.74, 6) is -1.12. The van der Waals surface area contributed by atoms with Gasteiger partial charge in [-0.1, -0.05) is 0 Å². The van der Waals surface area contributed by atoms with Gasteiger partial charge in [-0.15, -0.1) is 0 Å². The molecule has 0 spiro atoms. The van der Waals surface area contributed by atoms with Crippen LogP contribution in [0, 0.1) is 6.92 Å². The van der Waals surface area contributed by atoms with Crippen molar-refractivity contribution < 1.29 is 9.90 Å². The highest BCUT2D eigenvalue weighted by Crippen LogP contribution is 2.17. The Balaban J connectivity index is 3.01. The van der Waals surface area contributed by atoms with E-state index in [9.17, 15) is 9.59 Å². The number of aromatic carboxylic acids is 1. The second-order valence-corrected chi connectivity index (χ2v) is 3.29. The van der Waals surface area contributed by atoms with Crippen LogP contribution in [0.5, 0.6) is 0 Å². The molecule has 0 aliphatic rings. The molecule has 78 valence electrons. The highest BCUT2D eigenvalue weighted by atomic mass is 16.4. The smallest absolute Gasteiger partial charge is 0.336 e. The highest BCUT2D eigenvalue weighted by Gasteiger charge is 2.15. The zero-order valence-corrected chi connectivity index (χ0v) is 8.24. The lowest BCUT2D eigenvalue weighted by Crippen LogP contribution is -2.09. The predicted molar refractivity (Wildman–Crippen MR) is 53.0 cm³/mol. The Kier molecular flexibility index (Phi) is 1.85. The maximum absolute atomic E-state index is 11.2. The Morgan fingerprint density at radius 3 is 2.87 bits per heavy atom. The van der Waals surface area contributed by atoms with Crippen molar-refractivity contribution in [3.05, 3.63) is 27.7 Å². The number of aryl methyl sites for hydroxylation is 2. The molecule has 0 aliphatic heterocycles. The zero-order valence-electron chi connectivity index (χ0n) is 8.24. The van der Waals surface area contributed by atoms with Crippen molar-refractivity contribution in [2.24, 2.45) is 7.05 Å². The summed E-state index contributed by atoms with van der Waals surface area (Å²) >= 11 is 0. The monoisotopic (exact) mass is 207 g/mol. The van der Waals surface area contributed by atoms with Gasteiger partial charge in [0, 0.05) is 18.8 Å². The molecule has 0 saturated carbocycles. The van der Waals surface area contributed by atoms with Crippen molar-refractivity contribution in [1.82, 2.24) is 14.8 Å². The number of carboxylic acid groups (broad SMARTS) is 1. The van der Waals surface area contributed by atoms with Crippen LogP contribution in [0.25, 0.3) is 11.0 Å². The van der Waals surface area contributed by atoms with Crippen molar-refractivity contribution >= 4 is 17.0 Å². The number of fused-ring (bicyclic) bond motifs is 1. The number of carboxylic acids is 1. The second kappa shape index (κ2) is 2.94. The lowest BCUT2D eigenvalue weighted by Gasteiger charge is -1.96. The first-order valence-electron chi connectivity index (χ1n) is 4.30. The summed E-state index contributed by atoms with van der Waals surface area (Å²) in [7, 11) is 1.69. The zero-order chi connectivity index (χ0) is 11.2. The molecule has 0 aliphatic carbocycles. The molecule has 2 aromatic heterocycles. The molecule has 0 saturated heterocycles.